The third kappa shape index (κ3) is 3.88. The average Bonchev–Trinajstić information content (AvgIpc) is 2.37. The first-order valence-electron chi connectivity index (χ1n) is 6.49. The van der Waals surface area contributed by atoms with Gasteiger partial charge in [-0.2, -0.15) is 13.2 Å². The van der Waals surface area contributed by atoms with Gasteiger partial charge in [0.1, 0.15) is 0 Å². The molecule has 0 radical (unpaired) electrons. The van der Waals surface area contributed by atoms with Crippen molar-refractivity contribution in [1.29, 1.82) is 0 Å². The van der Waals surface area contributed by atoms with Gasteiger partial charge >= 0.3 is 6.18 Å². The molecule has 1 fully saturated rings. The van der Waals surface area contributed by atoms with E-state index in [9.17, 15) is 13.2 Å². The second-order valence-corrected chi connectivity index (χ2v) is 6.32. The maximum absolute atomic E-state index is 12.6. The number of alkyl halides is 3. The third-order valence-corrected chi connectivity index (χ3v) is 4.36. The standard InChI is InChI=1S/C14H17BrF3NO/c1-13(4-6-20-7-5-13)9-19-12-3-2-10(8-11(12)15)14(16,17)18/h2-3,8,19H,4-7,9H2,1H3. The molecule has 0 aromatic heterocycles. The monoisotopic (exact) mass is 351 g/mol. The lowest BCUT2D eigenvalue weighted by Gasteiger charge is -2.34. The van der Waals surface area contributed by atoms with Crippen LogP contribution in [-0.2, 0) is 10.9 Å². The number of anilines is 1. The summed E-state index contributed by atoms with van der Waals surface area (Å²) in [7, 11) is 0. The van der Waals surface area contributed by atoms with Crippen molar-refractivity contribution in [3.05, 3.63) is 28.2 Å². The van der Waals surface area contributed by atoms with Gasteiger partial charge in [0, 0.05) is 29.9 Å². The molecule has 1 aromatic carbocycles. The highest BCUT2D eigenvalue weighted by Gasteiger charge is 2.31. The van der Waals surface area contributed by atoms with Gasteiger partial charge in [0.2, 0.25) is 0 Å². The predicted octanol–water partition coefficient (Wildman–Crippen LogP) is 4.70. The summed E-state index contributed by atoms with van der Waals surface area (Å²) >= 11 is 3.20. The largest absolute Gasteiger partial charge is 0.416 e. The molecule has 2 nitrogen and oxygen atoms in total. The zero-order chi connectivity index (χ0) is 14.8. The van der Waals surface area contributed by atoms with Crippen molar-refractivity contribution < 1.29 is 17.9 Å². The Balaban J connectivity index is 2.03. The number of ether oxygens (including phenoxy) is 1. The molecule has 0 atom stereocenters. The molecule has 1 aliphatic heterocycles. The molecule has 0 aliphatic carbocycles. The molecule has 112 valence electrons. The second kappa shape index (κ2) is 5.93. The van der Waals surface area contributed by atoms with E-state index in [4.69, 9.17) is 4.74 Å². The number of hydrogen-bond acceptors (Lipinski definition) is 2. The first-order chi connectivity index (χ1) is 9.30. The third-order valence-electron chi connectivity index (χ3n) is 3.70. The van der Waals surface area contributed by atoms with E-state index in [-0.39, 0.29) is 5.41 Å². The fourth-order valence-electron chi connectivity index (χ4n) is 2.18. The zero-order valence-electron chi connectivity index (χ0n) is 11.2. The second-order valence-electron chi connectivity index (χ2n) is 5.47. The maximum atomic E-state index is 12.6. The summed E-state index contributed by atoms with van der Waals surface area (Å²) in [6.07, 6.45) is -2.40. The van der Waals surface area contributed by atoms with E-state index in [1.165, 1.54) is 6.07 Å². The Kier molecular flexibility index (Phi) is 4.64. The molecule has 1 saturated heterocycles. The van der Waals surface area contributed by atoms with Gasteiger partial charge in [-0.15, -0.1) is 0 Å². The van der Waals surface area contributed by atoms with Crippen molar-refractivity contribution in [2.75, 3.05) is 25.1 Å². The number of nitrogens with one attached hydrogen (secondary N) is 1. The van der Waals surface area contributed by atoms with Gasteiger partial charge in [-0.25, -0.2) is 0 Å². The highest BCUT2D eigenvalue weighted by atomic mass is 79.9. The highest BCUT2D eigenvalue weighted by molar-refractivity contribution is 9.10. The van der Waals surface area contributed by atoms with Gasteiger partial charge in [-0.3, -0.25) is 0 Å². The van der Waals surface area contributed by atoms with Gasteiger partial charge in [-0.1, -0.05) is 6.92 Å². The van der Waals surface area contributed by atoms with Crippen molar-refractivity contribution in [1.82, 2.24) is 0 Å². The predicted molar refractivity (Wildman–Crippen MR) is 75.8 cm³/mol. The van der Waals surface area contributed by atoms with Crippen LogP contribution in [0.3, 0.4) is 0 Å². The van der Waals surface area contributed by atoms with Crippen LogP contribution < -0.4 is 5.32 Å². The summed E-state index contributed by atoms with van der Waals surface area (Å²) in [6.45, 7) is 4.37. The number of hydrogen-bond donors (Lipinski definition) is 1. The Hall–Kier alpha value is -0.750. The normalized spacial score (nSPS) is 18.9. The van der Waals surface area contributed by atoms with E-state index in [0.29, 0.717) is 10.2 Å². The van der Waals surface area contributed by atoms with Crippen LogP contribution in [0.4, 0.5) is 18.9 Å². The zero-order valence-corrected chi connectivity index (χ0v) is 12.8. The lowest BCUT2D eigenvalue weighted by molar-refractivity contribution is -0.137. The Morgan fingerprint density at radius 2 is 1.95 bits per heavy atom. The quantitative estimate of drug-likeness (QED) is 0.852. The molecule has 0 spiro atoms. The van der Waals surface area contributed by atoms with Crippen LogP contribution in [0.5, 0.6) is 0 Å². The molecule has 0 saturated carbocycles. The van der Waals surface area contributed by atoms with E-state index in [1.807, 2.05) is 0 Å². The molecule has 6 heteroatoms. The molecule has 1 aromatic rings. The van der Waals surface area contributed by atoms with Gasteiger partial charge in [0.25, 0.3) is 0 Å². The lowest BCUT2D eigenvalue weighted by Crippen LogP contribution is -2.33. The van der Waals surface area contributed by atoms with E-state index < -0.39 is 11.7 Å². The maximum Gasteiger partial charge on any atom is 0.416 e. The van der Waals surface area contributed by atoms with Crippen molar-refractivity contribution >= 4 is 21.6 Å². The van der Waals surface area contributed by atoms with Crippen molar-refractivity contribution in [2.45, 2.75) is 25.9 Å². The van der Waals surface area contributed by atoms with Crippen LogP contribution >= 0.6 is 15.9 Å². The Morgan fingerprint density at radius 3 is 2.50 bits per heavy atom. The van der Waals surface area contributed by atoms with Crippen molar-refractivity contribution in [3.8, 4) is 0 Å². The van der Waals surface area contributed by atoms with Crippen LogP contribution in [0.15, 0.2) is 22.7 Å². The number of rotatable bonds is 3. The molecule has 0 amide bonds. The Bertz CT molecular complexity index is 470. The summed E-state index contributed by atoms with van der Waals surface area (Å²) in [4.78, 5) is 0. The fraction of sp³-hybridized carbons (Fsp3) is 0.571. The topological polar surface area (TPSA) is 21.3 Å². The number of halogens is 4. The summed E-state index contributed by atoms with van der Waals surface area (Å²) in [5.74, 6) is 0. The summed E-state index contributed by atoms with van der Waals surface area (Å²) in [5, 5.41) is 3.23. The molecule has 0 unspecified atom stereocenters. The van der Waals surface area contributed by atoms with E-state index in [1.54, 1.807) is 0 Å². The smallest absolute Gasteiger partial charge is 0.384 e. The number of benzene rings is 1. The van der Waals surface area contributed by atoms with Crippen molar-refractivity contribution in [2.24, 2.45) is 5.41 Å². The summed E-state index contributed by atoms with van der Waals surface area (Å²) < 4.78 is 43.5. The molecule has 1 aliphatic rings. The molecule has 2 rings (SSSR count). The molecule has 1 N–H and O–H groups in total. The van der Waals surface area contributed by atoms with Crippen LogP contribution in [0.25, 0.3) is 0 Å². The molecule has 1 heterocycles. The molecule has 20 heavy (non-hydrogen) atoms. The van der Waals surface area contributed by atoms with E-state index >= 15 is 0 Å². The van der Waals surface area contributed by atoms with Crippen LogP contribution in [0.2, 0.25) is 0 Å². The van der Waals surface area contributed by atoms with Gasteiger partial charge in [0.15, 0.2) is 0 Å². The lowest BCUT2D eigenvalue weighted by atomic mass is 9.82. The van der Waals surface area contributed by atoms with E-state index in [2.05, 4.69) is 28.2 Å². The first kappa shape index (κ1) is 15.6. The summed E-state index contributed by atoms with van der Waals surface area (Å²) in [6, 6.07) is 3.67. The Morgan fingerprint density at radius 1 is 1.30 bits per heavy atom. The first-order valence-corrected chi connectivity index (χ1v) is 7.28. The minimum absolute atomic E-state index is 0.125. The van der Waals surface area contributed by atoms with Crippen molar-refractivity contribution in [3.63, 3.8) is 0 Å². The van der Waals surface area contributed by atoms with Gasteiger partial charge < -0.3 is 10.1 Å². The molecular formula is C14H17BrF3NO. The van der Waals surface area contributed by atoms with Gasteiger partial charge in [-0.05, 0) is 52.4 Å². The van der Waals surface area contributed by atoms with Gasteiger partial charge in [0.05, 0.1) is 5.56 Å². The Labute approximate surface area is 124 Å². The van der Waals surface area contributed by atoms with E-state index in [0.717, 1.165) is 44.7 Å². The van der Waals surface area contributed by atoms with Crippen LogP contribution in [0, 0.1) is 5.41 Å². The highest BCUT2D eigenvalue weighted by Crippen LogP contribution is 2.35. The fourth-order valence-corrected chi connectivity index (χ4v) is 2.70. The molecular weight excluding hydrogens is 335 g/mol. The van der Waals surface area contributed by atoms with Crippen LogP contribution in [0.1, 0.15) is 25.3 Å². The summed E-state index contributed by atoms with van der Waals surface area (Å²) in [5.41, 5.74) is 0.165. The minimum atomic E-state index is -4.31. The minimum Gasteiger partial charge on any atom is -0.384 e. The average molecular weight is 352 g/mol. The molecule has 0 bridgehead atoms. The van der Waals surface area contributed by atoms with Crippen LogP contribution in [-0.4, -0.2) is 19.8 Å². The SMILES string of the molecule is CC1(CNc2ccc(C(F)(F)F)cc2Br)CCOCC1.